The zero-order valence-electron chi connectivity index (χ0n) is 11.6. The number of phenols is 1. The van der Waals surface area contributed by atoms with Crippen molar-refractivity contribution in [1.29, 1.82) is 0 Å². The Bertz CT molecular complexity index is 620. The van der Waals surface area contributed by atoms with Gasteiger partial charge in [-0.05, 0) is 24.6 Å². The van der Waals surface area contributed by atoms with Crippen molar-refractivity contribution in [3.8, 4) is 5.75 Å². The van der Waals surface area contributed by atoms with Crippen molar-refractivity contribution in [3.63, 3.8) is 0 Å². The third kappa shape index (κ3) is 2.74. The average molecular weight is 310 g/mol. The van der Waals surface area contributed by atoms with Gasteiger partial charge >= 0.3 is 0 Å². The lowest BCUT2D eigenvalue weighted by Crippen LogP contribution is -2.34. The van der Waals surface area contributed by atoms with Crippen molar-refractivity contribution >= 4 is 11.6 Å². The van der Waals surface area contributed by atoms with E-state index >= 15 is 0 Å². The SMILES string of the molecule is CCC1COC(Cn2cncn2)(c2ccc(Cl)cc2O)O1. The molecule has 1 aromatic carbocycles. The molecule has 3 rings (SSSR count). The number of aromatic nitrogens is 3. The first-order chi connectivity index (χ1) is 10.1. The minimum atomic E-state index is -1.08. The fourth-order valence-electron chi connectivity index (χ4n) is 2.43. The van der Waals surface area contributed by atoms with Gasteiger partial charge in [-0.3, -0.25) is 0 Å². The number of hydrogen-bond donors (Lipinski definition) is 1. The Balaban J connectivity index is 1.99. The van der Waals surface area contributed by atoms with Crippen LogP contribution in [0.25, 0.3) is 0 Å². The monoisotopic (exact) mass is 309 g/mol. The molecule has 0 radical (unpaired) electrons. The Kier molecular flexibility index (Phi) is 3.84. The molecule has 0 amide bonds. The van der Waals surface area contributed by atoms with Crippen molar-refractivity contribution in [2.75, 3.05) is 6.61 Å². The number of halogens is 1. The van der Waals surface area contributed by atoms with Gasteiger partial charge in [0.15, 0.2) is 0 Å². The molecule has 1 saturated heterocycles. The van der Waals surface area contributed by atoms with Crippen LogP contribution < -0.4 is 0 Å². The summed E-state index contributed by atoms with van der Waals surface area (Å²) in [5.41, 5.74) is 0.540. The van der Waals surface area contributed by atoms with Gasteiger partial charge in [-0.1, -0.05) is 18.5 Å². The molecular weight excluding hydrogens is 294 g/mol. The summed E-state index contributed by atoms with van der Waals surface area (Å²) in [6.45, 7) is 2.80. The first-order valence-corrected chi connectivity index (χ1v) is 7.14. The zero-order valence-corrected chi connectivity index (χ0v) is 12.3. The Morgan fingerprint density at radius 3 is 3.00 bits per heavy atom. The summed E-state index contributed by atoms with van der Waals surface area (Å²) in [5, 5.41) is 14.8. The minimum Gasteiger partial charge on any atom is -0.507 e. The lowest BCUT2D eigenvalue weighted by atomic mass is 10.0. The number of aromatic hydroxyl groups is 1. The van der Waals surface area contributed by atoms with Crippen LogP contribution in [-0.2, 0) is 21.8 Å². The predicted molar refractivity (Wildman–Crippen MR) is 75.9 cm³/mol. The van der Waals surface area contributed by atoms with Gasteiger partial charge in [0.2, 0.25) is 5.79 Å². The molecule has 2 aromatic rings. The number of benzene rings is 1. The number of phenolic OH excluding ortho intramolecular Hbond substituents is 1. The number of hydrogen-bond acceptors (Lipinski definition) is 5. The lowest BCUT2D eigenvalue weighted by Gasteiger charge is -2.29. The van der Waals surface area contributed by atoms with E-state index in [1.807, 2.05) is 6.92 Å². The highest BCUT2D eigenvalue weighted by Gasteiger charge is 2.45. The highest BCUT2D eigenvalue weighted by molar-refractivity contribution is 6.30. The predicted octanol–water partition coefficient (Wildman–Crippen LogP) is 2.32. The van der Waals surface area contributed by atoms with Crippen LogP contribution >= 0.6 is 11.6 Å². The first-order valence-electron chi connectivity index (χ1n) is 6.76. The van der Waals surface area contributed by atoms with Gasteiger partial charge < -0.3 is 14.6 Å². The summed E-state index contributed by atoms with van der Waals surface area (Å²) < 4.78 is 13.6. The topological polar surface area (TPSA) is 69.4 Å². The fourth-order valence-corrected chi connectivity index (χ4v) is 2.60. The molecule has 7 heteroatoms. The van der Waals surface area contributed by atoms with E-state index in [0.717, 1.165) is 6.42 Å². The van der Waals surface area contributed by atoms with E-state index in [0.29, 0.717) is 23.7 Å². The average Bonchev–Trinajstić information content (AvgIpc) is 3.09. The molecule has 0 aliphatic carbocycles. The van der Waals surface area contributed by atoms with Crippen LogP contribution in [0.5, 0.6) is 5.75 Å². The summed E-state index contributed by atoms with van der Waals surface area (Å²) in [6, 6.07) is 4.89. The molecule has 0 saturated carbocycles. The molecule has 6 nitrogen and oxygen atoms in total. The highest BCUT2D eigenvalue weighted by Crippen LogP contribution is 2.41. The molecule has 2 heterocycles. The fraction of sp³-hybridized carbons (Fsp3) is 0.429. The lowest BCUT2D eigenvalue weighted by molar-refractivity contribution is -0.189. The quantitative estimate of drug-likeness (QED) is 0.938. The summed E-state index contributed by atoms with van der Waals surface area (Å²) in [6.07, 6.45) is 3.83. The molecule has 112 valence electrons. The van der Waals surface area contributed by atoms with Crippen molar-refractivity contribution in [2.24, 2.45) is 0 Å². The Morgan fingerprint density at radius 1 is 1.52 bits per heavy atom. The normalized spacial score (nSPS) is 25.3. The van der Waals surface area contributed by atoms with Gasteiger partial charge in [-0.2, -0.15) is 5.10 Å². The first kappa shape index (κ1) is 14.3. The second-order valence-corrected chi connectivity index (χ2v) is 5.40. The number of ether oxygens (including phenoxy) is 2. The second-order valence-electron chi connectivity index (χ2n) is 4.97. The smallest absolute Gasteiger partial charge is 0.219 e. The van der Waals surface area contributed by atoms with E-state index in [1.165, 1.54) is 12.4 Å². The zero-order chi connectivity index (χ0) is 14.9. The van der Waals surface area contributed by atoms with E-state index in [2.05, 4.69) is 10.1 Å². The van der Waals surface area contributed by atoms with E-state index < -0.39 is 5.79 Å². The van der Waals surface area contributed by atoms with Gasteiger partial charge in [0.25, 0.3) is 0 Å². The number of rotatable bonds is 4. The van der Waals surface area contributed by atoms with Crippen LogP contribution in [0, 0.1) is 0 Å². The van der Waals surface area contributed by atoms with E-state index in [-0.39, 0.29) is 11.9 Å². The molecule has 21 heavy (non-hydrogen) atoms. The summed E-state index contributed by atoms with van der Waals surface area (Å²) >= 11 is 5.90. The Hall–Kier alpha value is -1.63. The molecule has 2 unspecified atom stereocenters. The van der Waals surface area contributed by atoms with Gasteiger partial charge in [0, 0.05) is 5.02 Å². The molecule has 1 fully saturated rings. The van der Waals surface area contributed by atoms with E-state index in [9.17, 15) is 5.11 Å². The third-order valence-corrected chi connectivity index (χ3v) is 3.76. The van der Waals surface area contributed by atoms with Crippen molar-refractivity contribution in [3.05, 3.63) is 41.4 Å². The molecule has 1 N–H and O–H groups in total. The summed E-state index contributed by atoms with van der Waals surface area (Å²) in [5.74, 6) is -1.04. The maximum absolute atomic E-state index is 10.2. The van der Waals surface area contributed by atoms with Crippen LogP contribution in [0.3, 0.4) is 0 Å². The molecule has 0 bridgehead atoms. The molecule has 2 atom stereocenters. The largest absolute Gasteiger partial charge is 0.507 e. The molecule has 1 aromatic heterocycles. The highest BCUT2D eigenvalue weighted by atomic mass is 35.5. The van der Waals surface area contributed by atoms with Crippen LogP contribution in [0.4, 0.5) is 0 Å². The van der Waals surface area contributed by atoms with E-state index in [1.54, 1.807) is 23.1 Å². The molecule has 0 spiro atoms. The van der Waals surface area contributed by atoms with Gasteiger partial charge in [-0.25, -0.2) is 9.67 Å². The van der Waals surface area contributed by atoms with Gasteiger partial charge in [0.1, 0.15) is 24.9 Å². The van der Waals surface area contributed by atoms with Crippen LogP contribution in [0.2, 0.25) is 5.02 Å². The molecule has 1 aliphatic heterocycles. The van der Waals surface area contributed by atoms with Crippen molar-refractivity contribution < 1.29 is 14.6 Å². The molecular formula is C14H16ClN3O3. The van der Waals surface area contributed by atoms with Crippen LogP contribution in [0.15, 0.2) is 30.9 Å². The molecule has 1 aliphatic rings. The van der Waals surface area contributed by atoms with Crippen molar-refractivity contribution in [2.45, 2.75) is 31.8 Å². The standard InChI is InChI=1S/C14H16ClN3O3/c1-2-11-6-20-14(21-11,7-18-9-16-8-17-18)12-4-3-10(15)5-13(12)19/h3-5,8-9,11,19H,2,6-7H2,1H3. The number of nitrogens with zero attached hydrogens (tertiary/aromatic N) is 3. The summed E-state index contributed by atoms with van der Waals surface area (Å²) in [7, 11) is 0. The second kappa shape index (κ2) is 5.63. The maximum Gasteiger partial charge on any atom is 0.219 e. The maximum atomic E-state index is 10.2. The van der Waals surface area contributed by atoms with Gasteiger partial charge in [-0.15, -0.1) is 0 Å². The minimum absolute atomic E-state index is 0.0244. The van der Waals surface area contributed by atoms with Gasteiger partial charge in [0.05, 0.1) is 18.3 Å². The van der Waals surface area contributed by atoms with Crippen LogP contribution in [-0.4, -0.2) is 32.6 Å². The van der Waals surface area contributed by atoms with Crippen LogP contribution in [0.1, 0.15) is 18.9 Å². The third-order valence-electron chi connectivity index (χ3n) is 3.52. The van der Waals surface area contributed by atoms with E-state index in [4.69, 9.17) is 21.1 Å². The Morgan fingerprint density at radius 2 is 2.38 bits per heavy atom. The summed E-state index contributed by atoms with van der Waals surface area (Å²) in [4.78, 5) is 3.92. The Labute approximate surface area is 127 Å². The van der Waals surface area contributed by atoms with Crippen molar-refractivity contribution in [1.82, 2.24) is 14.8 Å².